The summed E-state index contributed by atoms with van der Waals surface area (Å²) in [4.78, 5) is 46.4. The van der Waals surface area contributed by atoms with Gasteiger partial charge in [0.25, 0.3) is 0 Å². The maximum atomic E-state index is 12.2. The highest BCUT2D eigenvalue weighted by atomic mass is 16.6. The van der Waals surface area contributed by atoms with E-state index in [9.17, 15) is 19.2 Å². The number of rotatable bonds is 8. The second-order valence-electron chi connectivity index (χ2n) is 4.23. The molecular weight excluding hydrogens is 266 g/mol. The lowest BCUT2D eigenvalue weighted by molar-refractivity contribution is -0.171. The first-order valence-electron chi connectivity index (χ1n) is 6.43. The Balaban J connectivity index is 5.72. The smallest absolute Gasteiger partial charge is 0.343 e. The van der Waals surface area contributed by atoms with E-state index in [1.807, 2.05) is 0 Å². The van der Waals surface area contributed by atoms with Gasteiger partial charge in [0.2, 0.25) is 11.4 Å². The Morgan fingerprint density at radius 3 is 1.90 bits per heavy atom. The predicted octanol–water partition coefficient (Wildman–Crippen LogP) is 0.213. The molecule has 0 spiro atoms. The van der Waals surface area contributed by atoms with Crippen molar-refractivity contribution in [1.82, 2.24) is 5.32 Å². The number of carbonyl (C=O) groups is 4. The maximum absolute atomic E-state index is 12.2. The molecule has 7 nitrogen and oxygen atoms in total. The summed E-state index contributed by atoms with van der Waals surface area (Å²) in [5.74, 6) is -3.24. The van der Waals surface area contributed by atoms with Crippen LogP contribution in [0.4, 0.5) is 0 Å². The van der Waals surface area contributed by atoms with Crippen molar-refractivity contribution in [2.75, 3.05) is 13.2 Å². The quantitative estimate of drug-likeness (QED) is 0.389. The third-order valence-electron chi connectivity index (χ3n) is 2.76. The number of hydrogen-bond donors (Lipinski definition) is 1. The van der Waals surface area contributed by atoms with Crippen LogP contribution in [0.3, 0.4) is 0 Å². The van der Waals surface area contributed by atoms with E-state index in [4.69, 9.17) is 9.47 Å². The maximum Gasteiger partial charge on any atom is 0.343 e. The van der Waals surface area contributed by atoms with Crippen molar-refractivity contribution in [2.45, 2.75) is 39.7 Å². The Kier molecular flexibility index (Phi) is 7.49. The molecule has 0 saturated carbocycles. The van der Waals surface area contributed by atoms with Crippen molar-refractivity contribution < 1.29 is 28.7 Å². The molecule has 0 aromatic rings. The summed E-state index contributed by atoms with van der Waals surface area (Å²) >= 11 is 0. The molecule has 0 aliphatic carbocycles. The summed E-state index contributed by atoms with van der Waals surface area (Å²) in [6.45, 7) is 5.89. The first kappa shape index (κ1) is 18.1. The van der Waals surface area contributed by atoms with Crippen LogP contribution in [-0.4, -0.2) is 42.9 Å². The lowest BCUT2D eigenvalue weighted by Gasteiger charge is -2.33. The van der Waals surface area contributed by atoms with Crippen molar-refractivity contribution in [3.05, 3.63) is 0 Å². The first-order valence-corrected chi connectivity index (χ1v) is 6.43. The SMILES string of the molecule is CCOC(=O)C(NC(C)=O)(C(=O)OCC)C(C)CC=O. The second kappa shape index (κ2) is 8.29. The highest BCUT2D eigenvalue weighted by molar-refractivity contribution is 6.08. The van der Waals surface area contributed by atoms with Crippen molar-refractivity contribution in [3.63, 3.8) is 0 Å². The molecule has 1 N–H and O–H groups in total. The fraction of sp³-hybridized carbons (Fsp3) is 0.692. The molecule has 0 aliphatic rings. The summed E-state index contributed by atoms with van der Waals surface area (Å²) < 4.78 is 9.75. The van der Waals surface area contributed by atoms with E-state index >= 15 is 0 Å². The number of esters is 2. The molecule has 0 radical (unpaired) electrons. The second-order valence-corrected chi connectivity index (χ2v) is 4.23. The minimum atomic E-state index is -2.00. The normalized spacial score (nSPS) is 12.2. The fourth-order valence-electron chi connectivity index (χ4n) is 1.80. The lowest BCUT2D eigenvalue weighted by atomic mass is 9.82. The Hall–Kier alpha value is -1.92. The van der Waals surface area contributed by atoms with Crippen LogP contribution in [0.5, 0.6) is 0 Å². The molecule has 7 heteroatoms. The number of carbonyl (C=O) groups excluding carboxylic acids is 4. The van der Waals surface area contributed by atoms with Gasteiger partial charge in [0.05, 0.1) is 13.2 Å². The van der Waals surface area contributed by atoms with Gasteiger partial charge in [-0.3, -0.25) is 4.79 Å². The molecule has 0 aliphatic heterocycles. The van der Waals surface area contributed by atoms with E-state index in [2.05, 4.69) is 5.32 Å². The third-order valence-corrected chi connectivity index (χ3v) is 2.76. The van der Waals surface area contributed by atoms with Gasteiger partial charge >= 0.3 is 11.9 Å². The molecule has 1 atom stereocenters. The summed E-state index contributed by atoms with van der Waals surface area (Å²) in [6, 6.07) is 0. The molecule has 0 aromatic carbocycles. The molecule has 0 aromatic heterocycles. The largest absolute Gasteiger partial charge is 0.464 e. The zero-order valence-corrected chi connectivity index (χ0v) is 12.2. The minimum Gasteiger partial charge on any atom is -0.464 e. The Morgan fingerprint density at radius 2 is 1.60 bits per heavy atom. The highest BCUT2D eigenvalue weighted by Crippen LogP contribution is 2.24. The van der Waals surface area contributed by atoms with E-state index in [0.717, 1.165) is 0 Å². The van der Waals surface area contributed by atoms with Crippen LogP contribution in [0, 0.1) is 5.92 Å². The average molecular weight is 287 g/mol. The van der Waals surface area contributed by atoms with Crippen molar-refractivity contribution in [1.29, 1.82) is 0 Å². The van der Waals surface area contributed by atoms with Crippen LogP contribution in [0.1, 0.15) is 34.1 Å². The molecule has 1 unspecified atom stereocenters. The molecule has 0 saturated heterocycles. The van der Waals surface area contributed by atoms with E-state index in [-0.39, 0.29) is 19.6 Å². The van der Waals surface area contributed by atoms with Crippen molar-refractivity contribution in [2.24, 2.45) is 5.92 Å². The van der Waals surface area contributed by atoms with Gasteiger partial charge in [-0.2, -0.15) is 0 Å². The summed E-state index contributed by atoms with van der Waals surface area (Å²) in [6.07, 6.45) is 0.470. The van der Waals surface area contributed by atoms with E-state index in [0.29, 0.717) is 6.29 Å². The van der Waals surface area contributed by atoms with Crippen LogP contribution in [0.2, 0.25) is 0 Å². The van der Waals surface area contributed by atoms with Crippen LogP contribution in [0.25, 0.3) is 0 Å². The van der Waals surface area contributed by atoms with Gasteiger partial charge in [-0.15, -0.1) is 0 Å². The van der Waals surface area contributed by atoms with Gasteiger partial charge in [0.1, 0.15) is 6.29 Å². The molecule has 20 heavy (non-hydrogen) atoms. The van der Waals surface area contributed by atoms with Crippen LogP contribution in [0.15, 0.2) is 0 Å². The Bertz CT molecular complexity index is 361. The lowest BCUT2D eigenvalue weighted by Crippen LogP contribution is -2.65. The first-order chi connectivity index (χ1) is 9.36. The topological polar surface area (TPSA) is 98.8 Å². The summed E-state index contributed by atoms with van der Waals surface area (Å²) in [5.41, 5.74) is -2.00. The van der Waals surface area contributed by atoms with Crippen molar-refractivity contribution >= 4 is 24.1 Å². The number of aldehydes is 1. The van der Waals surface area contributed by atoms with Gasteiger partial charge in [-0.05, 0) is 13.8 Å². The van der Waals surface area contributed by atoms with E-state index in [1.54, 1.807) is 13.8 Å². The summed E-state index contributed by atoms with van der Waals surface area (Å²) in [7, 11) is 0. The van der Waals surface area contributed by atoms with Gasteiger partial charge in [-0.25, -0.2) is 9.59 Å². The zero-order chi connectivity index (χ0) is 15.8. The molecule has 114 valence electrons. The van der Waals surface area contributed by atoms with E-state index in [1.165, 1.54) is 13.8 Å². The van der Waals surface area contributed by atoms with Gasteiger partial charge in [0.15, 0.2) is 0 Å². The molecule has 0 heterocycles. The molecule has 1 amide bonds. The van der Waals surface area contributed by atoms with Crippen LogP contribution >= 0.6 is 0 Å². The average Bonchev–Trinajstić information content (AvgIpc) is 2.36. The van der Waals surface area contributed by atoms with Crippen molar-refractivity contribution in [3.8, 4) is 0 Å². The van der Waals surface area contributed by atoms with E-state index < -0.39 is 29.3 Å². The van der Waals surface area contributed by atoms with Crippen LogP contribution < -0.4 is 5.32 Å². The molecule has 0 fully saturated rings. The Labute approximate surface area is 118 Å². The monoisotopic (exact) mass is 287 g/mol. The highest BCUT2D eigenvalue weighted by Gasteiger charge is 2.54. The van der Waals surface area contributed by atoms with Crippen LogP contribution in [-0.2, 0) is 28.7 Å². The zero-order valence-electron chi connectivity index (χ0n) is 12.2. The van der Waals surface area contributed by atoms with Gasteiger partial charge < -0.3 is 19.6 Å². The number of nitrogens with one attached hydrogen (secondary N) is 1. The van der Waals surface area contributed by atoms with Gasteiger partial charge in [-0.1, -0.05) is 6.92 Å². The standard InChI is InChI=1S/C13H21NO6/c1-5-19-11(17)13(14-10(4)16,9(3)7-8-15)12(18)20-6-2/h8-9H,5-7H2,1-4H3,(H,14,16). The fourth-order valence-corrected chi connectivity index (χ4v) is 1.80. The molecular formula is C13H21NO6. The Morgan fingerprint density at radius 1 is 1.15 bits per heavy atom. The number of ether oxygens (including phenoxy) is 2. The van der Waals surface area contributed by atoms with Gasteiger partial charge in [0, 0.05) is 19.3 Å². The number of hydrogen-bond acceptors (Lipinski definition) is 6. The molecule has 0 rings (SSSR count). The number of amides is 1. The summed E-state index contributed by atoms with van der Waals surface area (Å²) in [5, 5.41) is 2.30. The third kappa shape index (κ3) is 4.04. The molecule has 0 bridgehead atoms. The minimum absolute atomic E-state index is 0.0351. The predicted molar refractivity (Wildman–Crippen MR) is 69.7 cm³/mol.